The monoisotopic (exact) mass is 448 g/mol. The molecule has 3 aromatic rings. The summed E-state index contributed by atoms with van der Waals surface area (Å²) < 4.78 is 27.2. The summed E-state index contributed by atoms with van der Waals surface area (Å²) in [7, 11) is -3.43. The van der Waals surface area contributed by atoms with Crippen molar-refractivity contribution in [3.05, 3.63) is 89.5 Å². The number of sulfonamides is 1. The largest absolute Gasteiger partial charge is 0.348 e. The van der Waals surface area contributed by atoms with Gasteiger partial charge in [0.25, 0.3) is 5.91 Å². The van der Waals surface area contributed by atoms with E-state index in [9.17, 15) is 13.2 Å². The molecule has 166 valence electrons. The van der Waals surface area contributed by atoms with E-state index in [2.05, 4.69) is 5.32 Å². The third-order valence-corrected chi connectivity index (χ3v) is 7.90. The average Bonchev–Trinajstić information content (AvgIpc) is 2.84. The van der Waals surface area contributed by atoms with Crippen LogP contribution in [-0.4, -0.2) is 31.7 Å². The zero-order valence-corrected chi connectivity index (χ0v) is 19.1. The number of carbonyl (C=O) groups excluding carboxylic acids is 1. The molecule has 3 aromatic carbocycles. The van der Waals surface area contributed by atoms with Crippen LogP contribution in [0, 0.1) is 6.92 Å². The number of nitrogens with one attached hydrogen (secondary N) is 1. The van der Waals surface area contributed by atoms with Crippen LogP contribution in [-0.2, 0) is 16.6 Å². The standard InChI is InChI=1S/C26H28N2O3S/c1-20-7-3-4-8-24(20)19-27-26(29)23-11-9-21(10-12-23)22-13-15-25(16-14-22)32(30,31)28-17-5-2-6-18-28/h3-4,7-16H,2,5-6,17-19H2,1H3,(H,27,29). The number of nitrogens with zero attached hydrogens (tertiary/aromatic N) is 1. The summed E-state index contributed by atoms with van der Waals surface area (Å²) in [4.78, 5) is 12.8. The molecule has 5 nitrogen and oxygen atoms in total. The lowest BCUT2D eigenvalue weighted by molar-refractivity contribution is 0.0951. The second-order valence-corrected chi connectivity index (χ2v) is 10.1. The molecule has 6 heteroatoms. The zero-order valence-electron chi connectivity index (χ0n) is 18.3. The molecule has 0 spiro atoms. The number of hydrogen-bond acceptors (Lipinski definition) is 3. The van der Waals surface area contributed by atoms with E-state index in [4.69, 9.17) is 0 Å². The number of carbonyl (C=O) groups is 1. The van der Waals surface area contributed by atoms with Gasteiger partial charge in [0.05, 0.1) is 4.90 Å². The van der Waals surface area contributed by atoms with Crippen LogP contribution in [0.25, 0.3) is 11.1 Å². The van der Waals surface area contributed by atoms with Gasteiger partial charge in [-0.25, -0.2) is 8.42 Å². The summed E-state index contributed by atoms with van der Waals surface area (Å²) in [5.74, 6) is -0.122. The highest BCUT2D eigenvalue weighted by Crippen LogP contribution is 2.25. The predicted octanol–water partition coefficient (Wildman–Crippen LogP) is 4.77. The molecule has 0 atom stereocenters. The van der Waals surface area contributed by atoms with Gasteiger partial charge in [-0.05, 0) is 66.3 Å². The minimum absolute atomic E-state index is 0.122. The van der Waals surface area contributed by atoms with Gasteiger partial charge in [0, 0.05) is 25.2 Å². The predicted molar refractivity (Wildman–Crippen MR) is 127 cm³/mol. The van der Waals surface area contributed by atoms with Gasteiger partial charge >= 0.3 is 0 Å². The van der Waals surface area contributed by atoms with Crippen LogP contribution >= 0.6 is 0 Å². The molecule has 1 saturated heterocycles. The summed E-state index contributed by atoms with van der Waals surface area (Å²) in [6.45, 7) is 3.70. The van der Waals surface area contributed by atoms with Crippen LogP contribution in [0.3, 0.4) is 0 Å². The van der Waals surface area contributed by atoms with Crippen LogP contribution < -0.4 is 5.32 Å². The highest BCUT2D eigenvalue weighted by atomic mass is 32.2. The van der Waals surface area contributed by atoms with Crippen molar-refractivity contribution in [3.8, 4) is 11.1 Å². The van der Waals surface area contributed by atoms with E-state index in [1.54, 1.807) is 28.6 Å². The maximum atomic E-state index is 12.8. The summed E-state index contributed by atoms with van der Waals surface area (Å²) in [5, 5.41) is 2.96. The highest BCUT2D eigenvalue weighted by Gasteiger charge is 2.25. The van der Waals surface area contributed by atoms with Gasteiger partial charge in [0.2, 0.25) is 10.0 Å². The fraction of sp³-hybridized carbons (Fsp3) is 0.269. The van der Waals surface area contributed by atoms with Crippen LogP contribution in [0.15, 0.2) is 77.7 Å². The van der Waals surface area contributed by atoms with E-state index in [1.165, 1.54) is 0 Å². The molecule has 32 heavy (non-hydrogen) atoms. The Morgan fingerprint density at radius 1 is 0.844 bits per heavy atom. The third kappa shape index (κ3) is 4.92. The first kappa shape index (κ1) is 22.2. The number of amides is 1. The molecule has 1 aliphatic heterocycles. The topological polar surface area (TPSA) is 66.5 Å². The van der Waals surface area contributed by atoms with Crippen molar-refractivity contribution in [1.82, 2.24) is 9.62 Å². The normalized spacial score (nSPS) is 14.8. The lowest BCUT2D eigenvalue weighted by atomic mass is 10.0. The summed E-state index contributed by atoms with van der Waals surface area (Å²) in [6, 6.07) is 22.3. The molecule has 0 radical (unpaired) electrons. The summed E-state index contributed by atoms with van der Waals surface area (Å²) in [5.41, 5.74) is 4.68. The van der Waals surface area contributed by atoms with Crippen molar-refractivity contribution in [3.63, 3.8) is 0 Å². The number of benzene rings is 3. The smallest absolute Gasteiger partial charge is 0.251 e. The Bertz CT molecular complexity index is 1180. The fourth-order valence-corrected chi connectivity index (χ4v) is 5.49. The molecular weight excluding hydrogens is 420 g/mol. The molecule has 0 unspecified atom stereocenters. The minimum Gasteiger partial charge on any atom is -0.348 e. The molecule has 1 fully saturated rings. The van der Waals surface area contributed by atoms with Crippen molar-refractivity contribution >= 4 is 15.9 Å². The molecule has 1 amide bonds. The molecule has 1 N–H and O–H groups in total. The van der Waals surface area contributed by atoms with Gasteiger partial charge in [0.1, 0.15) is 0 Å². The SMILES string of the molecule is Cc1ccccc1CNC(=O)c1ccc(-c2ccc(S(=O)(=O)N3CCCCC3)cc2)cc1. The first-order valence-electron chi connectivity index (χ1n) is 11.0. The Hall–Kier alpha value is -2.96. The fourth-order valence-electron chi connectivity index (χ4n) is 3.97. The van der Waals surface area contributed by atoms with E-state index < -0.39 is 10.0 Å². The summed E-state index contributed by atoms with van der Waals surface area (Å²) in [6.07, 6.45) is 2.93. The first-order valence-corrected chi connectivity index (χ1v) is 12.4. The van der Waals surface area contributed by atoms with Gasteiger partial charge in [-0.3, -0.25) is 4.79 Å². The molecule has 0 aromatic heterocycles. The maximum absolute atomic E-state index is 12.8. The Labute approximate surface area is 190 Å². The van der Waals surface area contributed by atoms with Gasteiger partial charge in [0.15, 0.2) is 0 Å². The minimum atomic E-state index is -3.43. The van der Waals surface area contributed by atoms with E-state index in [-0.39, 0.29) is 5.91 Å². The number of hydrogen-bond donors (Lipinski definition) is 1. The van der Waals surface area contributed by atoms with Crippen LogP contribution in [0.2, 0.25) is 0 Å². The van der Waals surface area contributed by atoms with Gasteiger partial charge < -0.3 is 5.32 Å². The quantitative estimate of drug-likeness (QED) is 0.591. The molecule has 1 heterocycles. The van der Waals surface area contributed by atoms with E-state index in [0.717, 1.165) is 41.5 Å². The Balaban J connectivity index is 1.42. The Kier molecular flexibility index (Phi) is 6.72. The highest BCUT2D eigenvalue weighted by molar-refractivity contribution is 7.89. The second kappa shape index (κ2) is 9.67. The third-order valence-electron chi connectivity index (χ3n) is 5.99. The van der Waals surface area contributed by atoms with Crippen molar-refractivity contribution in [2.24, 2.45) is 0 Å². The lowest BCUT2D eigenvalue weighted by Gasteiger charge is -2.25. The van der Waals surface area contributed by atoms with E-state index in [0.29, 0.717) is 30.1 Å². The number of aryl methyl sites for hydroxylation is 1. The van der Waals surface area contributed by atoms with E-state index in [1.807, 2.05) is 55.5 Å². The van der Waals surface area contributed by atoms with Crippen molar-refractivity contribution in [2.75, 3.05) is 13.1 Å². The van der Waals surface area contributed by atoms with Crippen molar-refractivity contribution in [1.29, 1.82) is 0 Å². The Morgan fingerprint density at radius 3 is 2.06 bits per heavy atom. The van der Waals surface area contributed by atoms with Crippen LogP contribution in [0.5, 0.6) is 0 Å². The molecule has 0 saturated carbocycles. The first-order chi connectivity index (χ1) is 15.4. The van der Waals surface area contributed by atoms with Crippen molar-refractivity contribution < 1.29 is 13.2 Å². The molecule has 0 aliphatic carbocycles. The molecule has 1 aliphatic rings. The second-order valence-electron chi connectivity index (χ2n) is 8.18. The van der Waals surface area contributed by atoms with Gasteiger partial charge in [-0.15, -0.1) is 0 Å². The lowest BCUT2D eigenvalue weighted by Crippen LogP contribution is -2.35. The summed E-state index contributed by atoms with van der Waals surface area (Å²) >= 11 is 0. The number of rotatable bonds is 6. The molecule has 4 rings (SSSR count). The van der Waals surface area contributed by atoms with Gasteiger partial charge in [-0.2, -0.15) is 4.31 Å². The maximum Gasteiger partial charge on any atom is 0.251 e. The number of piperidine rings is 1. The van der Waals surface area contributed by atoms with Crippen molar-refractivity contribution in [2.45, 2.75) is 37.6 Å². The van der Waals surface area contributed by atoms with Crippen LogP contribution in [0.1, 0.15) is 40.7 Å². The molecule has 0 bridgehead atoms. The van der Waals surface area contributed by atoms with Gasteiger partial charge in [-0.1, -0.05) is 55.0 Å². The molecular formula is C26H28N2O3S. The average molecular weight is 449 g/mol. The Morgan fingerprint density at radius 2 is 1.44 bits per heavy atom. The zero-order chi connectivity index (χ0) is 22.6. The van der Waals surface area contributed by atoms with Crippen LogP contribution in [0.4, 0.5) is 0 Å². The van der Waals surface area contributed by atoms with E-state index >= 15 is 0 Å².